The quantitative estimate of drug-likeness (QED) is 0.308. The highest BCUT2D eigenvalue weighted by Crippen LogP contribution is 2.28. The van der Waals surface area contributed by atoms with Crippen LogP contribution in [0.15, 0.2) is 75.9 Å². The Morgan fingerprint density at radius 1 is 0.788 bits per heavy atom. The number of esters is 2. The third kappa shape index (κ3) is 4.62. The summed E-state index contributed by atoms with van der Waals surface area (Å²) in [5, 5.41) is 0.275. The maximum absolute atomic E-state index is 13.0. The highest BCUT2D eigenvalue weighted by molar-refractivity contribution is 5.92. The molecule has 0 amide bonds. The van der Waals surface area contributed by atoms with Gasteiger partial charge in [-0.3, -0.25) is 4.79 Å². The number of aryl methyl sites for hydroxylation is 2. The summed E-state index contributed by atoms with van der Waals surface area (Å²) in [6, 6.07) is 17.7. The second-order valence-electron chi connectivity index (χ2n) is 7.35. The molecule has 4 rings (SSSR count). The molecule has 4 aromatic rings. The standard InChI is InChI=1S/C26H20O7/c1-15-4-6-18(7-5-15)26(29)33-20-12-13-21-22(14-20)31-16(2)24(23(21)27)32-19-10-8-17(9-11-19)25(28)30-3/h4-14H,1-3H3. The van der Waals surface area contributed by atoms with Crippen LogP contribution in [0.1, 0.15) is 32.0 Å². The van der Waals surface area contributed by atoms with Gasteiger partial charge in [0.25, 0.3) is 0 Å². The van der Waals surface area contributed by atoms with E-state index < -0.39 is 11.9 Å². The molecule has 0 unspecified atom stereocenters. The van der Waals surface area contributed by atoms with Gasteiger partial charge in [0.1, 0.15) is 22.8 Å². The highest BCUT2D eigenvalue weighted by atomic mass is 16.5. The molecule has 0 fully saturated rings. The maximum Gasteiger partial charge on any atom is 0.343 e. The first kappa shape index (κ1) is 21.8. The summed E-state index contributed by atoms with van der Waals surface area (Å²) < 4.78 is 21.6. The minimum absolute atomic E-state index is 0.0257. The molecule has 166 valence electrons. The zero-order valence-corrected chi connectivity index (χ0v) is 18.2. The molecule has 0 aliphatic carbocycles. The van der Waals surface area contributed by atoms with Gasteiger partial charge in [-0.2, -0.15) is 0 Å². The molecular formula is C26H20O7. The van der Waals surface area contributed by atoms with E-state index in [2.05, 4.69) is 4.74 Å². The lowest BCUT2D eigenvalue weighted by atomic mass is 10.1. The number of ether oxygens (including phenoxy) is 3. The van der Waals surface area contributed by atoms with Gasteiger partial charge in [0.2, 0.25) is 11.2 Å². The summed E-state index contributed by atoms with van der Waals surface area (Å²) in [5.41, 5.74) is 1.70. The van der Waals surface area contributed by atoms with E-state index in [1.807, 2.05) is 19.1 Å². The van der Waals surface area contributed by atoms with Gasteiger partial charge < -0.3 is 18.6 Å². The topological polar surface area (TPSA) is 92.0 Å². The smallest absolute Gasteiger partial charge is 0.343 e. The highest BCUT2D eigenvalue weighted by Gasteiger charge is 2.16. The van der Waals surface area contributed by atoms with Crippen LogP contribution >= 0.6 is 0 Å². The lowest BCUT2D eigenvalue weighted by Crippen LogP contribution is -2.10. The van der Waals surface area contributed by atoms with E-state index in [0.717, 1.165) is 5.56 Å². The van der Waals surface area contributed by atoms with Crippen LogP contribution in [0.5, 0.6) is 17.2 Å². The molecule has 33 heavy (non-hydrogen) atoms. The molecule has 0 saturated carbocycles. The Kier molecular flexibility index (Phi) is 5.95. The van der Waals surface area contributed by atoms with Crippen LogP contribution in [0.3, 0.4) is 0 Å². The summed E-state index contributed by atoms with van der Waals surface area (Å²) in [6.07, 6.45) is 0. The second-order valence-corrected chi connectivity index (χ2v) is 7.35. The summed E-state index contributed by atoms with van der Waals surface area (Å²) >= 11 is 0. The summed E-state index contributed by atoms with van der Waals surface area (Å²) in [5.74, 6) is -0.0846. The Hall–Kier alpha value is -4.39. The average molecular weight is 444 g/mol. The first-order chi connectivity index (χ1) is 15.9. The lowest BCUT2D eigenvalue weighted by molar-refractivity contribution is 0.0600. The van der Waals surface area contributed by atoms with Gasteiger partial charge >= 0.3 is 11.9 Å². The summed E-state index contributed by atoms with van der Waals surface area (Å²) in [7, 11) is 1.30. The van der Waals surface area contributed by atoms with Crippen LogP contribution < -0.4 is 14.9 Å². The molecule has 1 aromatic heterocycles. The number of hydrogen-bond donors (Lipinski definition) is 0. The minimum Gasteiger partial charge on any atom is -0.465 e. The molecule has 3 aromatic carbocycles. The number of rotatable bonds is 5. The number of hydrogen-bond acceptors (Lipinski definition) is 7. The number of methoxy groups -OCH3 is 1. The number of fused-ring (bicyclic) bond motifs is 1. The van der Waals surface area contributed by atoms with Gasteiger partial charge in [-0.05, 0) is 62.4 Å². The number of carbonyl (C=O) groups excluding carboxylic acids is 2. The van der Waals surface area contributed by atoms with E-state index in [0.29, 0.717) is 16.9 Å². The van der Waals surface area contributed by atoms with E-state index in [1.165, 1.54) is 37.4 Å². The zero-order chi connectivity index (χ0) is 23.5. The van der Waals surface area contributed by atoms with Crippen LogP contribution in [0, 0.1) is 13.8 Å². The van der Waals surface area contributed by atoms with Crippen LogP contribution in [0.2, 0.25) is 0 Å². The predicted octanol–water partition coefficient (Wildman–Crippen LogP) is 5.21. The number of carbonyl (C=O) groups is 2. The van der Waals surface area contributed by atoms with Crippen molar-refractivity contribution in [3.63, 3.8) is 0 Å². The fraction of sp³-hybridized carbons (Fsp3) is 0.115. The van der Waals surface area contributed by atoms with Gasteiger partial charge in [0, 0.05) is 6.07 Å². The SMILES string of the molecule is COC(=O)c1ccc(Oc2c(C)oc3cc(OC(=O)c4ccc(C)cc4)ccc3c2=O)cc1. The third-order valence-electron chi connectivity index (χ3n) is 4.98. The monoisotopic (exact) mass is 444 g/mol. The summed E-state index contributed by atoms with van der Waals surface area (Å²) in [4.78, 5) is 36.9. The van der Waals surface area contributed by atoms with Crippen molar-refractivity contribution < 1.29 is 28.2 Å². The summed E-state index contributed by atoms with van der Waals surface area (Å²) in [6.45, 7) is 3.53. The predicted molar refractivity (Wildman–Crippen MR) is 121 cm³/mol. The van der Waals surface area contributed by atoms with E-state index in [-0.39, 0.29) is 33.7 Å². The van der Waals surface area contributed by atoms with Gasteiger partial charge in [-0.1, -0.05) is 17.7 Å². The largest absolute Gasteiger partial charge is 0.465 e. The zero-order valence-electron chi connectivity index (χ0n) is 18.2. The Labute approximate surface area is 189 Å². The van der Waals surface area contributed by atoms with Crippen LogP contribution in [-0.2, 0) is 4.74 Å². The van der Waals surface area contributed by atoms with E-state index in [1.54, 1.807) is 31.2 Å². The van der Waals surface area contributed by atoms with Crippen molar-refractivity contribution in [1.29, 1.82) is 0 Å². The molecule has 0 radical (unpaired) electrons. The van der Waals surface area contributed by atoms with E-state index in [4.69, 9.17) is 13.9 Å². The van der Waals surface area contributed by atoms with Crippen molar-refractivity contribution in [3.05, 3.63) is 99.4 Å². The van der Waals surface area contributed by atoms with E-state index in [9.17, 15) is 14.4 Å². The molecule has 0 N–H and O–H groups in total. The Balaban J connectivity index is 1.59. The Morgan fingerprint density at radius 2 is 1.39 bits per heavy atom. The minimum atomic E-state index is -0.510. The van der Waals surface area contributed by atoms with E-state index >= 15 is 0 Å². The molecule has 0 aliphatic rings. The van der Waals surface area contributed by atoms with Crippen molar-refractivity contribution in [3.8, 4) is 17.2 Å². The molecule has 0 atom stereocenters. The molecule has 7 nitrogen and oxygen atoms in total. The van der Waals surface area contributed by atoms with Gasteiger partial charge in [0.05, 0.1) is 23.6 Å². The van der Waals surface area contributed by atoms with Crippen molar-refractivity contribution in [2.75, 3.05) is 7.11 Å². The maximum atomic E-state index is 13.0. The molecule has 0 bridgehead atoms. The van der Waals surface area contributed by atoms with Crippen molar-refractivity contribution in [2.24, 2.45) is 0 Å². The Morgan fingerprint density at radius 3 is 2.06 bits per heavy atom. The fourth-order valence-corrected chi connectivity index (χ4v) is 3.20. The molecule has 0 spiro atoms. The lowest BCUT2D eigenvalue weighted by Gasteiger charge is -2.10. The molecule has 0 aliphatic heterocycles. The van der Waals surface area contributed by atoms with Gasteiger partial charge in [-0.15, -0.1) is 0 Å². The third-order valence-corrected chi connectivity index (χ3v) is 4.98. The molecule has 1 heterocycles. The molecular weight excluding hydrogens is 424 g/mol. The fourth-order valence-electron chi connectivity index (χ4n) is 3.20. The van der Waals surface area contributed by atoms with Crippen LogP contribution in [0.4, 0.5) is 0 Å². The molecule has 0 saturated heterocycles. The Bertz CT molecular complexity index is 1400. The van der Waals surface area contributed by atoms with Crippen molar-refractivity contribution in [1.82, 2.24) is 0 Å². The van der Waals surface area contributed by atoms with Crippen LogP contribution in [0.25, 0.3) is 11.0 Å². The second kappa shape index (κ2) is 9.00. The first-order valence-corrected chi connectivity index (χ1v) is 10.1. The van der Waals surface area contributed by atoms with Crippen molar-refractivity contribution >= 4 is 22.9 Å². The van der Waals surface area contributed by atoms with Gasteiger partial charge in [-0.25, -0.2) is 9.59 Å². The molecule has 7 heteroatoms. The van der Waals surface area contributed by atoms with Crippen molar-refractivity contribution in [2.45, 2.75) is 13.8 Å². The normalized spacial score (nSPS) is 10.6. The van der Waals surface area contributed by atoms with Crippen LogP contribution in [-0.4, -0.2) is 19.0 Å². The first-order valence-electron chi connectivity index (χ1n) is 10.1. The average Bonchev–Trinajstić information content (AvgIpc) is 2.82. The number of benzene rings is 3. The van der Waals surface area contributed by atoms with Gasteiger partial charge in [0.15, 0.2) is 0 Å².